The van der Waals surface area contributed by atoms with Gasteiger partial charge in [-0.3, -0.25) is 4.79 Å². The van der Waals surface area contributed by atoms with Gasteiger partial charge in [-0.1, -0.05) is 18.5 Å². The molecule has 2 fully saturated rings. The van der Waals surface area contributed by atoms with Crippen LogP contribution in [-0.4, -0.2) is 54.1 Å². The maximum atomic E-state index is 12.2. The molecule has 3 rings (SSSR count). The number of carbonyl (C=O) groups excluding carboxylic acids is 1. The van der Waals surface area contributed by atoms with Crippen molar-refractivity contribution in [2.24, 2.45) is 11.8 Å². The summed E-state index contributed by atoms with van der Waals surface area (Å²) in [5.74, 6) is 1.78. The van der Waals surface area contributed by atoms with Crippen LogP contribution in [0.4, 0.5) is 5.82 Å². The minimum absolute atomic E-state index is 0.249. The largest absolute Gasteiger partial charge is 0.467 e. The van der Waals surface area contributed by atoms with Gasteiger partial charge in [0.15, 0.2) is 5.82 Å². The summed E-state index contributed by atoms with van der Waals surface area (Å²) < 4.78 is 5.04. The SMILES string of the molecule is COc1ncc(Cl)c(N2CCN(C(=O)[C@H]3C[C@H]3C)CC2)n1. The molecule has 1 aliphatic carbocycles. The topological polar surface area (TPSA) is 58.6 Å². The van der Waals surface area contributed by atoms with Gasteiger partial charge in [-0.15, -0.1) is 0 Å². The summed E-state index contributed by atoms with van der Waals surface area (Å²) in [4.78, 5) is 24.5. The number of amides is 1. The molecule has 2 heterocycles. The van der Waals surface area contributed by atoms with Crippen LogP contribution in [-0.2, 0) is 4.79 Å². The fourth-order valence-electron chi connectivity index (χ4n) is 2.70. The molecule has 114 valence electrons. The van der Waals surface area contributed by atoms with Gasteiger partial charge in [-0.2, -0.15) is 4.98 Å². The Bertz CT molecular complexity index is 546. The average Bonchev–Trinajstić information content (AvgIpc) is 3.24. The van der Waals surface area contributed by atoms with Gasteiger partial charge in [-0.05, 0) is 12.3 Å². The summed E-state index contributed by atoms with van der Waals surface area (Å²) in [6, 6.07) is 0.305. The number of aromatic nitrogens is 2. The lowest BCUT2D eigenvalue weighted by Crippen LogP contribution is -2.49. The number of ether oxygens (including phenoxy) is 1. The van der Waals surface area contributed by atoms with E-state index in [9.17, 15) is 4.79 Å². The van der Waals surface area contributed by atoms with Crippen LogP contribution in [0, 0.1) is 11.8 Å². The highest BCUT2D eigenvalue weighted by Crippen LogP contribution is 2.39. The van der Waals surface area contributed by atoms with Crippen molar-refractivity contribution < 1.29 is 9.53 Å². The lowest BCUT2D eigenvalue weighted by molar-refractivity contribution is -0.133. The second kappa shape index (κ2) is 5.67. The van der Waals surface area contributed by atoms with Crippen molar-refractivity contribution in [2.45, 2.75) is 13.3 Å². The average molecular weight is 311 g/mol. The first kappa shape index (κ1) is 14.4. The highest BCUT2D eigenvalue weighted by molar-refractivity contribution is 6.32. The predicted octanol–water partition coefficient (Wildman–Crippen LogP) is 1.44. The minimum Gasteiger partial charge on any atom is -0.467 e. The number of piperazine rings is 1. The molecule has 1 saturated heterocycles. The van der Waals surface area contributed by atoms with Gasteiger partial charge in [0.05, 0.1) is 13.3 Å². The van der Waals surface area contributed by atoms with Gasteiger partial charge >= 0.3 is 6.01 Å². The number of hydrogen-bond donors (Lipinski definition) is 0. The zero-order chi connectivity index (χ0) is 15.0. The lowest BCUT2D eigenvalue weighted by atomic mass is 10.2. The van der Waals surface area contributed by atoms with Crippen molar-refractivity contribution in [3.8, 4) is 6.01 Å². The van der Waals surface area contributed by atoms with Crippen molar-refractivity contribution in [2.75, 3.05) is 38.2 Å². The molecule has 2 atom stereocenters. The Morgan fingerprint density at radius 2 is 2.05 bits per heavy atom. The van der Waals surface area contributed by atoms with E-state index in [2.05, 4.69) is 21.8 Å². The van der Waals surface area contributed by atoms with Gasteiger partial charge in [0.2, 0.25) is 5.91 Å². The van der Waals surface area contributed by atoms with E-state index >= 15 is 0 Å². The fourth-order valence-corrected chi connectivity index (χ4v) is 2.91. The second-order valence-electron chi connectivity index (χ2n) is 5.66. The molecule has 0 unspecified atom stereocenters. The molecule has 0 spiro atoms. The number of nitrogens with zero attached hydrogens (tertiary/aromatic N) is 4. The fraction of sp³-hybridized carbons (Fsp3) is 0.643. The summed E-state index contributed by atoms with van der Waals surface area (Å²) in [6.45, 7) is 5.01. The molecule has 0 aromatic carbocycles. The number of halogens is 1. The first-order valence-corrected chi connectivity index (χ1v) is 7.58. The Balaban J connectivity index is 1.64. The summed E-state index contributed by atoms with van der Waals surface area (Å²) in [5.41, 5.74) is 0. The molecule has 6 nitrogen and oxygen atoms in total. The maximum absolute atomic E-state index is 12.2. The number of anilines is 1. The van der Waals surface area contributed by atoms with E-state index < -0.39 is 0 Å². The molecular formula is C14H19ClN4O2. The maximum Gasteiger partial charge on any atom is 0.318 e. The molecule has 0 radical (unpaired) electrons. The standard InChI is InChI=1S/C14H19ClN4O2/c1-9-7-10(9)13(20)19-5-3-18(4-6-19)12-11(15)8-16-14(17-12)21-2/h8-10H,3-7H2,1-2H3/t9-,10+/m1/s1. The molecule has 0 N–H and O–H groups in total. The monoisotopic (exact) mass is 310 g/mol. The molecular weight excluding hydrogens is 292 g/mol. The van der Waals surface area contributed by atoms with Crippen LogP contribution in [0.2, 0.25) is 5.02 Å². The zero-order valence-electron chi connectivity index (χ0n) is 12.3. The van der Waals surface area contributed by atoms with Crippen LogP contribution in [0.5, 0.6) is 6.01 Å². The van der Waals surface area contributed by atoms with Gasteiger partial charge < -0.3 is 14.5 Å². The quantitative estimate of drug-likeness (QED) is 0.845. The molecule has 1 saturated carbocycles. The second-order valence-corrected chi connectivity index (χ2v) is 6.07. The van der Waals surface area contributed by atoms with E-state index in [0.29, 0.717) is 41.8 Å². The van der Waals surface area contributed by atoms with Gasteiger partial charge in [-0.25, -0.2) is 4.98 Å². The van der Waals surface area contributed by atoms with E-state index in [1.165, 1.54) is 7.11 Å². The number of hydrogen-bond acceptors (Lipinski definition) is 5. The molecule has 7 heteroatoms. The first-order chi connectivity index (χ1) is 10.1. The summed E-state index contributed by atoms with van der Waals surface area (Å²) in [7, 11) is 1.53. The molecule has 1 amide bonds. The van der Waals surface area contributed by atoms with Crippen LogP contribution in [0.15, 0.2) is 6.20 Å². The van der Waals surface area contributed by atoms with Gasteiger partial charge in [0.1, 0.15) is 5.02 Å². The summed E-state index contributed by atoms with van der Waals surface area (Å²) in [6.07, 6.45) is 2.58. The Morgan fingerprint density at radius 3 is 2.62 bits per heavy atom. The van der Waals surface area contributed by atoms with E-state index in [0.717, 1.165) is 19.5 Å². The Labute approximate surface area is 129 Å². The number of rotatable bonds is 3. The number of carbonyl (C=O) groups is 1. The molecule has 21 heavy (non-hydrogen) atoms. The van der Waals surface area contributed by atoms with Crippen LogP contribution >= 0.6 is 11.6 Å². The van der Waals surface area contributed by atoms with Crippen molar-refractivity contribution in [1.82, 2.24) is 14.9 Å². The third kappa shape index (κ3) is 2.90. The summed E-state index contributed by atoms with van der Waals surface area (Å²) >= 11 is 6.16. The Hall–Kier alpha value is -1.56. The molecule has 2 aliphatic rings. The minimum atomic E-state index is 0.249. The predicted molar refractivity (Wildman–Crippen MR) is 79.7 cm³/mol. The molecule has 0 bridgehead atoms. The van der Waals surface area contributed by atoms with Gasteiger partial charge in [0, 0.05) is 32.1 Å². The number of methoxy groups -OCH3 is 1. The molecule has 1 aliphatic heterocycles. The normalized spacial score (nSPS) is 24.9. The van der Waals surface area contributed by atoms with Crippen LogP contribution in [0.1, 0.15) is 13.3 Å². The van der Waals surface area contributed by atoms with Crippen LogP contribution in [0.25, 0.3) is 0 Å². The van der Waals surface area contributed by atoms with E-state index in [-0.39, 0.29) is 5.92 Å². The first-order valence-electron chi connectivity index (χ1n) is 7.20. The molecule has 1 aromatic heterocycles. The Kier molecular flexibility index (Phi) is 3.89. The van der Waals surface area contributed by atoms with Crippen LogP contribution < -0.4 is 9.64 Å². The zero-order valence-corrected chi connectivity index (χ0v) is 13.0. The highest BCUT2D eigenvalue weighted by atomic mass is 35.5. The van der Waals surface area contributed by atoms with E-state index in [1.807, 2.05) is 4.90 Å². The van der Waals surface area contributed by atoms with Crippen molar-refractivity contribution in [3.05, 3.63) is 11.2 Å². The highest BCUT2D eigenvalue weighted by Gasteiger charge is 2.42. The third-order valence-corrected chi connectivity index (χ3v) is 4.47. The Morgan fingerprint density at radius 1 is 1.38 bits per heavy atom. The lowest BCUT2D eigenvalue weighted by Gasteiger charge is -2.35. The van der Waals surface area contributed by atoms with Crippen molar-refractivity contribution in [1.29, 1.82) is 0 Å². The third-order valence-electron chi connectivity index (χ3n) is 4.20. The van der Waals surface area contributed by atoms with Crippen molar-refractivity contribution >= 4 is 23.3 Å². The van der Waals surface area contributed by atoms with E-state index in [4.69, 9.17) is 16.3 Å². The summed E-state index contributed by atoms with van der Waals surface area (Å²) in [5, 5.41) is 0.506. The smallest absolute Gasteiger partial charge is 0.318 e. The van der Waals surface area contributed by atoms with Gasteiger partial charge in [0.25, 0.3) is 0 Å². The van der Waals surface area contributed by atoms with Crippen molar-refractivity contribution in [3.63, 3.8) is 0 Å². The molecule has 1 aromatic rings. The van der Waals surface area contributed by atoms with Crippen LogP contribution in [0.3, 0.4) is 0 Å². The van der Waals surface area contributed by atoms with E-state index in [1.54, 1.807) is 6.20 Å².